The van der Waals surface area contributed by atoms with Gasteiger partial charge in [-0.25, -0.2) is 4.98 Å². The quantitative estimate of drug-likeness (QED) is 0.0119. The molecule has 0 aliphatic carbocycles. The average molecular weight is 1940 g/mol. The van der Waals surface area contributed by atoms with Crippen molar-refractivity contribution in [2.24, 2.45) is 23.1 Å². The van der Waals surface area contributed by atoms with Crippen LogP contribution in [-0.4, -0.2) is 318 Å². The van der Waals surface area contributed by atoms with Gasteiger partial charge in [0.25, 0.3) is 0 Å². The number of imidazole rings is 1. The smallest absolute Gasteiger partial charge is 0.246 e. The summed E-state index contributed by atoms with van der Waals surface area (Å²) in [5.41, 5.74) is 17.3. The highest BCUT2D eigenvalue weighted by molar-refractivity contribution is 8.00. The number of aromatic hydroxyl groups is 1. The number of phenolic OH excluding ortho intramolecular Hbond substituents is 1. The van der Waals surface area contributed by atoms with Crippen molar-refractivity contribution in [2.75, 3.05) is 77.4 Å². The van der Waals surface area contributed by atoms with E-state index in [1.807, 2.05) is 31.4 Å². The number of aliphatic hydroxyl groups is 1. The molecule has 0 saturated carbocycles. The number of thioether (sulfide) groups is 2. The molecule has 42 nitrogen and oxygen atoms in total. The van der Waals surface area contributed by atoms with Crippen LogP contribution < -0.4 is 75.7 Å². The van der Waals surface area contributed by atoms with Crippen LogP contribution in [0.25, 0.3) is 21.0 Å². The second kappa shape index (κ2) is 51.3. The molecule has 2 unspecified atom stereocenters. The van der Waals surface area contributed by atoms with Crippen molar-refractivity contribution in [3.63, 3.8) is 0 Å². The number of fused-ring (bicyclic) bond motifs is 4. The first-order valence-electron chi connectivity index (χ1n) is 45.3. The summed E-state index contributed by atoms with van der Waals surface area (Å²) < 4.78 is 0.821. The fourth-order valence-electron chi connectivity index (χ4n) is 16.9. The Morgan fingerprint density at radius 1 is 0.632 bits per heavy atom. The van der Waals surface area contributed by atoms with E-state index in [1.54, 1.807) is 55.8 Å². The number of H-pyrrole nitrogens is 2. The first-order chi connectivity index (χ1) is 64.9. The molecule has 3 aromatic carbocycles. The van der Waals surface area contributed by atoms with Gasteiger partial charge in [-0.1, -0.05) is 82.1 Å². The van der Waals surface area contributed by atoms with Gasteiger partial charge in [0.15, 0.2) is 17.9 Å². The zero-order valence-corrected chi connectivity index (χ0v) is 80.0. The summed E-state index contributed by atoms with van der Waals surface area (Å²) in [5, 5.41) is 62.5. The molecule has 22 N–H and O–H groups in total. The van der Waals surface area contributed by atoms with Gasteiger partial charge in [-0.2, -0.15) is 11.8 Å². The molecule has 6 heterocycles. The Hall–Kier alpha value is -12.8. The molecule has 3 aromatic heterocycles. The van der Waals surface area contributed by atoms with E-state index >= 15 is 38.4 Å². The van der Waals surface area contributed by atoms with Crippen LogP contribution >= 0.6 is 34.9 Å². The molecule has 0 radical (unpaired) electrons. The molecule has 3 fully saturated rings. The molecule has 16 amide bonds. The third kappa shape index (κ3) is 29.4. The molecule has 3 aliphatic heterocycles. The lowest BCUT2D eigenvalue weighted by Gasteiger charge is -2.39. The summed E-state index contributed by atoms with van der Waals surface area (Å²) >= 11 is 3.57. The number of thiophene rings is 1. The number of amides is 16. The predicted molar refractivity (Wildman–Crippen MR) is 510 cm³/mol. The number of benzene rings is 3. The fraction of sp³-hybridized carbons (Fsp3) is 0.527. The molecule has 0 bridgehead atoms. The third-order valence-corrected chi connectivity index (χ3v) is 27.1. The summed E-state index contributed by atoms with van der Waals surface area (Å²) in [6, 6.07) is -0.0415. The minimum Gasteiger partial charge on any atom is -0.508 e. The number of nitrogens with one attached hydrogen (secondary N) is 14. The van der Waals surface area contributed by atoms with Crippen molar-refractivity contribution >= 4 is 163 Å². The van der Waals surface area contributed by atoms with E-state index in [0.29, 0.717) is 64.6 Å². The number of nitrogens with zero attached hydrogens (tertiary/aromatic N) is 6. The summed E-state index contributed by atoms with van der Waals surface area (Å²) in [5.74, 6) is -16.2. The first kappa shape index (κ1) is 107. The van der Waals surface area contributed by atoms with E-state index in [9.17, 15) is 53.4 Å². The van der Waals surface area contributed by atoms with E-state index in [0.717, 1.165) is 31.6 Å². The van der Waals surface area contributed by atoms with Crippen LogP contribution in [0.2, 0.25) is 0 Å². The molecule has 3 saturated heterocycles. The van der Waals surface area contributed by atoms with E-state index in [2.05, 4.69) is 73.4 Å². The van der Waals surface area contributed by atoms with Crippen LogP contribution in [0.3, 0.4) is 0 Å². The number of primary amides is 2. The topological polar surface area (TPSA) is 626 Å². The molecule has 3 aliphatic rings. The number of nitrogens with two attached hydrogens (primary N) is 3. The van der Waals surface area contributed by atoms with E-state index in [-0.39, 0.29) is 115 Å². The van der Waals surface area contributed by atoms with Crippen LogP contribution in [0.4, 0.5) is 0 Å². The predicted octanol–water partition coefficient (Wildman–Crippen LogP) is -1.21. The van der Waals surface area contributed by atoms with Crippen molar-refractivity contribution in [3.8, 4) is 5.75 Å². The highest BCUT2D eigenvalue weighted by Gasteiger charge is 2.50. The number of guanidine groups is 1. The maximum Gasteiger partial charge on any atom is 0.246 e. The second-order valence-electron chi connectivity index (χ2n) is 34.7. The Bertz CT molecular complexity index is 5240. The summed E-state index contributed by atoms with van der Waals surface area (Å²) in [4.78, 5) is 267. The van der Waals surface area contributed by atoms with Gasteiger partial charge >= 0.3 is 0 Å². The Balaban J connectivity index is 1.12. The number of carbonyl (C=O) groups excluding carboxylic acids is 17. The minimum absolute atomic E-state index is 0.00297. The molecule has 14 atom stereocenters. The maximum atomic E-state index is 15.9. The zero-order valence-electron chi connectivity index (χ0n) is 77.6. The van der Waals surface area contributed by atoms with Gasteiger partial charge < -0.3 is 115 Å². The highest BCUT2D eigenvalue weighted by Crippen LogP contribution is 2.32. The number of para-hydroxylation sites is 1. The van der Waals surface area contributed by atoms with Gasteiger partial charge in [-0.15, -0.1) is 23.1 Å². The molecular weight excluding hydrogens is 1820 g/mol. The molecule has 9 rings (SSSR count). The van der Waals surface area contributed by atoms with Gasteiger partial charge in [0, 0.05) is 99.5 Å². The number of likely N-dealkylation sites (N-methyl/N-ethyl adjacent to an activating group) is 3. The Morgan fingerprint density at radius 3 is 1.94 bits per heavy atom. The lowest BCUT2D eigenvalue weighted by atomic mass is 9.98. The number of unbranched alkanes of at least 4 members (excludes halogenated alkanes) is 1. The Morgan fingerprint density at radius 2 is 1.26 bits per heavy atom. The van der Waals surface area contributed by atoms with Crippen molar-refractivity contribution in [2.45, 2.75) is 221 Å². The molecular formula is C91H127N23O19S3. The standard InChI is InChI=1S/C91H127N23O19S3/c1-9-10-23-72-89(133)111(6)70(25-17-35-134-8)83(127)102-61(22-15-32-97-90(94)95)79(123)108-69(78(122)99-44-75(93)119)47-135-48-76(120)101-65(37-53-27-29-57(117)30-28-53)85(129)110(5)52(4)77(121)104-67(41-74(92)118)87(131)113-33-16-24-71(113)84(128)103-62(40-56-43-96-50-100-56)80(124)105-64(36-51(2)3)88(132)114-34-18-31-91(114,49-116)109-63(38-54-42-98-60-21-13-11-19-58(54)60)81(125)107-68(45-115)82(126)106-66(86(130)112(72)7)39-55-46-136-73-26-14-12-20-59(55)73/h11-14,19-21,26-30,42-43,46,49-52,61-72,98,109,115,117H,9-10,15-18,22-25,31-41,44-45,47-48H2,1-8H3,(H2,92,118)(H2,93,119)(H,96,100)(H,99,122)(H,101,120)(H,102,127)(H,103,128)(H,104,121)(H,105,124)(H,106,126)(H,107,125)(H,108,123)(H4,94,95,97)/t52-,61-,62-,63-,64-,65-,66-,67-,68-,69?,70-,71-,72-,91?/m0/s1. The van der Waals surface area contributed by atoms with Gasteiger partial charge in [0.05, 0.1) is 37.7 Å². The van der Waals surface area contributed by atoms with Crippen molar-refractivity contribution < 1.29 is 91.7 Å². The number of aliphatic hydroxyl groups excluding tert-OH is 1. The minimum atomic E-state index is -2.04. The van der Waals surface area contributed by atoms with E-state index < -0.39 is 216 Å². The number of aldehydes is 1. The molecule has 738 valence electrons. The molecule has 6 aromatic rings. The number of aromatic nitrogens is 3. The number of hydrogen-bond donors (Lipinski definition) is 19. The van der Waals surface area contributed by atoms with Crippen LogP contribution in [0, 0.1) is 11.3 Å². The van der Waals surface area contributed by atoms with Crippen LogP contribution in [0.1, 0.15) is 134 Å². The number of phenols is 1. The average Bonchev–Trinajstić information content (AvgIpc) is 1.61. The lowest BCUT2D eigenvalue weighted by molar-refractivity contribution is -0.149. The molecule has 136 heavy (non-hydrogen) atoms. The zero-order chi connectivity index (χ0) is 99.2. The monoisotopic (exact) mass is 1940 g/mol. The van der Waals surface area contributed by atoms with E-state index in [4.69, 9.17) is 22.6 Å². The number of carbonyl (C=O) groups is 17. The number of rotatable bonds is 28. The van der Waals surface area contributed by atoms with Gasteiger partial charge in [0.2, 0.25) is 94.5 Å². The summed E-state index contributed by atoms with van der Waals surface area (Å²) in [7, 11) is 3.95. The van der Waals surface area contributed by atoms with Crippen LogP contribution in [0.15, 0.2) is 96.9 Å². The maximum absolute atomic E-state index is 15.9. The molecule has 0 spiro atoms. The summed E-state index contributed by atoms with van der Waals surface area (Å²) in [6.45, 7) is 4.67. The van der Waals surface area contributed by atoms with Crippen molar-refractivity contribution in [1.29, 1.82) is 5.41 Å². The second-order valence-corrected chi connectivity index (χ2v) is 37.7. The Kier molecular flexibility index (Phi) is 40.3. The first-order valence-corrected chi connectivity index (χ1v) is 48.8. The van der Waals surface area contributed by atoms with Crippen molar-refractivity contribution in [3.05, 3.63) is 119 Å². The lowest BCUT2D eigenvalue weighted by Crippen LogP contribution is -2.67. The third-order valence-electron chi connectivity index (χ3n) is 24.3. The summed E-state index contributed by atoms with van der Waals surface area (Å²) in [6.07, 6.45) is 6.02. The number of aromatic amines is 2. The normalized spacial score (nSPS) is 24.6. The van der Waals surface area contributed by atoms with Gasteiger partial charge in [0.1, 0.15) is 78.3 Å². The van der Waals surface area contributed by atoms with Gasteiger partial charge in [-0.05, 0) is 147 Å². The highest BCUT2D eigenvalue weighted by atomic mass is 32.2. The van der Waals surface area contributed by atoms with Crippen LogP contribution in [-0.2, 0) is 107 Å². The SMILES string of the molecule is CCCC[C@H]1C(=O)N(C)[C@@H](CCCSC)C(=O)N[C@@H](CCCNC(=N)N)C(=O)NC(C(=O)NCC(N)=O)CSCC(=O)N[C@@H](Cc2ccc(O)cc2)C(=O)N(C)[C@@H](C)C(=O)N[C@@H](CC(N)=O)C(=O)N2CCC[C@H]2C(=O)N[C@@H](Cc2cnc[nH]2)C(=O)N[C@@H](CC(C)C)C(=O)N2CCCC2(C=O)N[C@@H](Cc2c[nH]c3ccccc23)C(=O)N[C@@H](CO)C(=O)N[C@@H](Cc2csc3ccccc23)C(=O)N1C. The fourth-order valence-corrected chi connectivity index (χ4v) is 19.2. The Labute approximate surface area is 799 Å². The van der Waals surface area contributed by atoms with Crippen molar-refractivity contribution in [1.82, 2.24) is 97.9 Å². The largest absolute Gasteiger partial charge is 0.508 e. The van der Waals surface area contributed by atoms with Crippen LogP contribution in [0.5, 0.6) is 5.75 Å². The molecule has 45 heteroatoms. The van der Waals surface area contributed by atoms with Gasteiger partial charge in [-0.3, -0.25) is 92.2 Å². The number of hydrogen-bond acceptors (Lipinski definition) is 25. The van der Waals surface area contributed by atoms with E-state index in [1.165, 1.54) is 103 Å².